The van der Waals surface area contributed by atoms with Crippen LogP contribution in [0.5, 0.6) is 0 Å². The van der Waals surface area contributed by atoms with Gasteiger partial charge in [0.25, 0.3) is 0 Å². The summed E-state index contributed by atoms with van der Waals surface area (Å²) in [4.78, 5) is 14.1. The average Bonchev–Trinajstić information content (AvgIpc) is 3.48. The number of likely N-dealkylation sites (tertiary alicyclic amines) is 2. The van der Waals surface area contributed by atoms with Gasteiger partial charge in [-0.05, 0) is 98.9 Å². The van der Waals surface area contributed by atoms with E-state index in [1.54, 1.807) is 0 Å². The zero-order chi connectivity index (χ0) is 33.3. The van der Waals surface area contributed by atoms with Crippen molar-refractivity contribution in [1.82, 2.24) is 34.7 Å². The fraction of sp³-hybridized carbons (Fsp3) is 1.00. The van der Waals surface area contributed by atoms with Gasteiger partial charge in [-0.3, -0.25) is 0 Å². The van der Waals surface area contributed by atoms with Crippen molar-refractivity contribution in [2.75, 3.05) is 147 Å². The third kappa shape index (κ3) is 26.6. The van der Waals surface area contributed by atoms with Crippen LogP contribution < -0.4 is 5.32 Å². The predicted octanol–water partition coefficient (Wildman–Crippen LogP) is 5.50. The Bertz CT molecular complexity index is 551. The molecule has 1 unspecified atom stereocenters. The van der Waals surface area contributed by atoms with Gasteiger partial charge in [0.05, 0.1) is 13.2 Å². The van der Waals surface area contributed by atoms with Crippen LogP contribution in [0.2, 0.25) is 0 Å². The lowest BCUT2D eigenvalue weighted by atomic mass is 9.91. The van der Waals surface area contributed by atoms with Gasteiger partial charge in [-0.25, -0.2) is 0 Å². The second-order valence-corrected chi connectivity index (χ2v) is 15.1. The first-order valence-electron chi connectivity index (χ1n) is 19.0. The molecule has 0 bridgehead atoms. The third-order valence-corrected chi connectivity index (χ3v) is 10.3. The number of piperazine rings is 2. The van der Waals surface area contributed by atoms with Crippen molar-refractivity contribution in [3.63, 3.8) is 0 Å². The van der Waals surface area contributed by atoms with Crippen molar-refractivity contribution in [2.45, 2.75) is 86.0 Å². The molecule has 0 amide bonds. The van der Waals surface area contributed by atoms with Gasteiger partial charge in [0.15, 0.2) is 0 Å². The molecule has 0 radical (unpaired) electrons. The summed E-state index contributed by atoms with van der Waals surface area (Å²) in [5.74, 6) is 3.01. The van der Waals surface area contributed by atoms with Crippen LogP contribution in [-0.4, -0.2) is 177 Å². The van der Waals surface area contributed by atoms with Crippen molar-refractivity contribution < 1.29 is 6.16 Å². The highest BCUT2D eigenvalue weighted by molar-refractivity contribution is 4.71. The molecule has 8 heteroatoms. The van der Waals surface area contributed by atoms with Crippen molar-refractivity contribution in [3.05, 3.63) is 0 Å². The Morgan fingerprint density at radius 3 is 1.22 bits per heavy atom. The number of morpholine rings is 1. The first-order valence-corrected chi connectivity index (χ1v) is 19.0. The van der Waals surface area contributed by atoms with E-state index in [9.17, 15) is 0 Å². The summed E-state index contributed by atoms with van der Waals surface area (Å²) in [6.07, 6.45) is 13.0. The minimum absolute atomic E-state index is 0. The second-order valence-electron chi connectivity index (χ2n) is 15.1. The van der Waals surface area contributed by atoms with E-state index in [-0.39, 0.29) is 8.85 Å². The maximum Gasteiger partial charge on any atom is 0.0594 e. The van der Waals surface area contributed by atoms with Gasteiger partial charge in [-0.15, -0.1) is 0 Å². The SMILES string of the molecule is C.CC1CCCCC1.CC1CCN(C)CC1.CCC1CCN(C)C1.CN1CCN(C)CC1.CN1CCNCC1.CN1CCOCC1.[HH]. The Kier molecular flexibility index (Phi) is 29.4. The zero-order valence-electron chi connectivity index (χ0n) is 32.0. The Labute approximate surface area is 291 Å². The van der Waals surface area contributed by atoms with E-state index in [2.05, 4.69) is 97.8 Å². The molecule has 5 heterocycles. The molecule has 0 spiro atoms. The fourth-order valence-electron chi connectivity index (χ4n) is 6.14. The molecule has 46 heavy (non-hydrogen) atoms. The van der Waals surface area contributed by atoms with Crippen LogP contribution in [0, 0.1) is 17.8 Å². The van der Waals surface area contributed by atoms with Gasteiger partial charge in [0, 0.05) is 73.4 Å². The van der Waals surface area contributed by atoms with E-state index in [0.717, 1.165) is 57.1 Å². The van der Waals surface area contributed by atoms with E-state index in [1.165, 1.54) is 123 Å². The summed E-state index contributed by atoms with van der Waals surface area (Å²) in [7, 11) is 13.0. The lowest BCUT2D eigenvalue weighted by Gasteiger charge is -2.28. The van der Waals surface area contributed by atoms with Crippen molar-refractivity contribution in [2.24, 2.45) is 17.8 Å². The molecule has 1 N–H and O–H groups in total. The molecule has 6 rings (SSSR count). The van der Waals surface area contributed by atoms with Crippen molar-refractivity contribution in [1.29, 1.82) is 0 Å². The van der Waals surface area contributed by atoms with E-state index in [0.29, 0.717) is 0 Å². The van der Waals surface area contributed by atoms with Crippen LogP contribution in [0.25, 0.3) is 0 Å². The number of nitrogens with one attached hydrogen (secondary N) is 1. The van der Waals surface area contributed by atoms with Gasteiger partial charge >= 0.3 is 0 Å². The second kappa shape index (κ2) is 29.6. The summed E-state index contributed by atoms with van der Waals surface area (Å²) in [5.41, 5.74) is 0. The number of ether oxygens (including phenoxy) is 1. The summed E-state index contributed by atoms with van der Waals surface area (Å²) in [5, 5.41) is 3.27. The standard InChI is InChI=1S/2C7H15N.C7H14.C6H14N2.C5H12N2.C5H11NO.CH4.H2/c1-7-3-5-8(2)6-4-7;1-3-7-4-5-8(2)6-7;1-7-5-3-2-4-6-7;1-7-3-5-8(2)6-4-7;1-7-4-2-6-3-5-7;1-6-2-4-7-5-3-6;;/h2*7H,3-6H2,1-2H3;7H,2-6H2,1H3;3-6H2,1-2H3;6H,2-5H2,1H3;2-5H2,1H3;1H4;1H. The fourth-order valence-corrected chi connectivity index (χ4v) is 6.14. The molecule has 5 saturated heterocycles. The zero-order valence-corrected chi connectivity index (χ0v) is 32.0. The molecular formula is C38H87N7O. The molecule has 0 aromatic rings. The molecular weight excluding hydrogens is 570 g/mol. The third-order valence-electron chi connectivity index (χ3n) is 10.3. The molecule has 1 atom stereocenters. The monoisotopic (exact) mass is 658 g/mol. The minimum atomic E-state index is 0. The quantitative estimate of drug-likeness (QED) is 0.397. The Balaban J connectivity index is 0. The predicted molar refractivity (Wildman–Crippen MR) is 207 cm³/mol. The van der Waals surface area contributed by atoms with Crippen LogP contribution >= 0.6 is 0 Å². The molecule has 1 saturated carbocycles. The van der Waals surface area contributed by atoms with Gasteiger partial charge < -0.3 is 39.5 Å². The van der Waals surface area contributed by atoms with Gasteiger partial charge in [0.2, 0.25) is 0 Å². The number of hydrogen-bond acceptors (Lipinski definition) is 8. The van der Waals surface area contributed by atoms with Gasteiger partial charge in [-0.2, -0.15) is 0 Å². The molecule has 280 valence electrons. The number of hydrogen-bond donors (Lipinski definition) is 1. The maximum absolute atomic E-state index is 5.10. The van der Waals surface area contributed by atoms with Crippen LogP contribution in [-0.2, 0) is 4.74 Å². The highest BCUT2D eigenvalue weighted by Crippen LogP contribution is 2.22. The van der Waals surface area contributed by atoms with Crippen LogP contribution in [0.1, 0.15) is 87.4 Å². The molecule has 6 aliphatic rings. The van der Waals surface area contributed by atoms with Gasteiger partial charge in [-0.1, -0.05) is 66.7 Å². The first-order chi connectivity index (χ1) is 21.6. The summed E-state index contributed by atoms with van der Waals surface area (Å²) >= 11 is 0. The maximum atomic E-state index is 5.10. The number of rotatable bonds is 1. The Morgan fingerprint density at radius 2 is 0.935 bits per heavy atom. The van der Waals surface area contributed by atoms with Crippen molar-refractivity contribution >= 4 is 0 Å². The molecule has 5 aliphatic heterocycles. The number of piperidine rings is 1. The topological polar surface area (TPSA) is 40.7 Å². The first kappa shape index (κ1) is 45.7. The highest BCUT2D eigenvalue weighted by atomic mass is 16.5. The van der Waals surface area contributed by atoms with Gasteiger partial charge in [0.1, 0.15) is 0 Å². The highest BCUT2D eigenvalue weighted by Gasteiger charge is 2.16. The van der Waals surface area contributed by atoms with Crippen molar-refractivity contribution in [3.8, 4) is 0 Å². The Hall–Kier alpha value is -0.320. The van der Waals surface area contributed by atoms with Crippen LogP contribution in [0.3, 0.4) is 0 Å². The number of nitrogens with zero attached hydrogens (tertiary/aromatic N) is 6. The molecule has 0 aromatic heterocycles. The normalized spacial score (nSPS) is 26.2. The summed E-state index contributed by atoms with van der Waals surface area (Å²) in [6.45, 7) is 25.9. The molecule has 0 aromatic carbocycles. The largest absolute Gasteiger partial charge is 0.379 e. The minimum Gasteiger partial charge on any atom is -0.379 e. The van der Waals surface area contributed by atoms with E-state index >= 15 is 0 Å². The lowest BCUT2D eigenvalue weighted by Crippen LogP contribution is -2.42. The summed E-state index contributed by atoms with van der Waals surface area (Å²) < 4.78 is 5.10. The Morgan fingerprint density at radius 1 is 0.522 bits per heavy atom. The molecule has 1 aliphatic carbocycles. The van der Waals surface area contributed by atoms with Crippen LogP contribution in [0.15, 0.2) is 0 Å². The van der Waals surface area contributed by atoms with E-state index in [4.69, 9.17) is 4.74 Å². The smallest absolute Gasteiger partial charge is 0.0594 e. The molecule has 6 fully saturated rings. The van der Waals surface area contributed by atoms with E-state index < -0.39 is 0 Å². The van der Waals surface area contributed by atoms with Crippen LogP contribution in [0.4, 0.5) is 0 Å². The summed E-state index contributed by atoms with van der Waals surface area (Å²) in [6, 6.07) is 0. The lowest BCUT2D eigenvalue weighted by molar-refractivity contribution is 0.0503. The molecule has 8 nitrogen and oxygen atoms in total. The average molecular weight is 658 g/mol. The number of likely N-dealkylation sites (N-methyl/N-ethyl adjacent to an activating group) is 4. The van der Waals surface area contributed by atoms with E-state index in [1.807, 2.05) is 0 Å².